The number of nitrogens with zero attached hydrogens (tertiary/aromatic N) is 3. The minimum Gasteiger partial charge on any atom is -0.439 e. The number of amides is 2. The highest BCUT2D eigenvalue weighted by molar-refractivity contribution is 6.30. The lowest BCUT2D eigenvalue weighted by molar-refractivity contribution is 0.194. The molecule has 1 N–H and O–H groups in total. The number of rotatable bonds is 5. The molecule has 0 atom stereocenters. The molecular formula is C23H22ClFN4O2. The first-order chi connectivity index (χ1) is 15.1. The number of aromatic nitrogens is 1. The van der Waals surface area contributed by atoms with E-state index in [9.17, 15) is 9.18 Å². The normalized spacial score (nSPS) is 13.7. The van der Waals surface area contributed by atoms with E-state index < -0.39 is 0 Å². The van der Waals surface area contributed by atoms with Gasteiger partial charge in [0.25, 0.3) is 0 Å². The highest BCUT2D eigenvalue weighted by Gasteiger charge is 2.21. The van der Waals surface area contributed by atoms with Gasteiger partial charge in [-0.2, -0.15) is 0 Å². The summed E-state index contributed by atoms with van der Waals surface area (Å²) in [5.74, 6) is 0.369. The predicted molar refractivity (Wildman–Crippen MR) is 118 cm³/mol. The van der Waals surface area contributed by atoms with Crippen LogP contribution < -0.4 is 15.0 Å². The molecule has 2 aromatic carbocycles. The third-order valence-electron chi connectivity index (χ3n) is 5.00. The third kappa shape index (κ3) is 5.64. The van der Waals surface area contributed by atoms with Gasteiger partial charge in [-0.1, -0.05) is 29.8 Å². The van der Waals surface area contributed by atoms with Crippen molar-refractivity contribution in [2.75, 3.05) is 31.1 Å². The van der Waals surface area contributed by atoms with Crippen molar-refractivity contribution >= 4 is 23.3 Å². The number of urea groups is 1. The van der Waals surface area contributed by atoms with Gasteiger partial charge in [-0.3, -0.25) is 0 Å². The Kier molecular flexibility index (Phi) is 6.52. The van der Waals surface area contributed by atoms with E-state index in [0.717, 1.165) is 24.3 Å². The molecule has 31 heavy (non-hydrogen) atoms. The lowest BCUT2D eigenvalue weighted by atomic mass is 10.2. The van der Waals surface area contributed by atoms with Crippen LogP contribution in [0, 0.1) is 5.82 Å². The number of hydrogen-bond donors (Lipinski definition) is 1. The molecule has 0 bridgehead atoms. The molecule has 8 heteroatoms. The van der Waals surface area contributed by atoms with Crippen molar-refractivity contribution < 1.29 is 13.9 Å². The first-order valence-corrected chi connectivity index (χ1v) is 10.4. The molecule has 6 nitrogen and oxygen atoms in total. The lowest BCUT2D eigenvalue weighted by Gasteiger charge is -2.36. The number of pyridine rings is 1. The zero-order valence-corrected chi connectivity index (χ0v) is 17.6. The highest BCUT2D eigenvalue weighted by Crippen LogP contribution is 2.21. The van der Waals surface area contributed by atoms with Gasteiger partial charge in [0, 0.05) is 61.8 Å². The van der Waals surface area contributed by atoms with Crippen molar-refractivity contribution in [2.45, 2.75) is 6.54 Å². The van der Waals surface area contributed by atoms with Crippen molar-refractivity contribution in [3.05, 3.63) is 83.3 Å². The minimum atomic E-state index is -0.370. The Bertz CT molecular complexity index is 1040. The molecule has 4 rings (SSSR count). The summed E-state index contributed by atoms with van der Waals surface area (Å²) >= 11 is 6.07. The SMILES string of the molecule is O=C(NCc1ccc(Oc2cccc(F)c2)nc1)N1CCN(c2cccc(Cl)c2)CC1. The summed E-state index contributed by atoms with van der Waals surface area (Å²) in [6.45, 7) is 3.14. The zero-order chi connectivity index (χ0) is 21.6. The fourth-order valence-corrected chi connectivity index (χ4v) is 3.54. The molecule has 1 saturated heterocycles. The van der Waals surface area contributed by atoms with Crippen LogP contribution in [0.1, 0.15) is 5.56 Å². The number of anilines is 1. The van der Waals surface area contributed by atoms with E-state index >= 15 is 0 Å². The summed E-state index contributed by atoms with van der Waals surface area (Å²) in [7, 11) is 0. The van der Waals surface area contributed by atoms with Gasteiger partial charge in [-0.25, -0.2) is 14.2 Å². The van der Waals surface area contributed by atoms with Gasteiger partial charge >= 0.3 is 6.03 Å². The Balaban J connectivity index is 1.24. The lowest BCUT2D eigenvalue weighted by Crippen LogP contribution is -2.51. The molecule has 0 saturated carbocycles. The van der Waals surface area contributed by atoms with Crippen LogP contribution >= 0.6 is 11.6 Å². The van der Waals surface area contributed by atoms with E-state index in [4.69, 9.17) is 16.3 Å². The molecule has 1 aliphatic heterocycles. The van der Waals surface area contributed by atoms with E-state index in [2.05, 4.69) is 15.2 Å². The summed E-state index contributed by atoms with van der Waals surface area (Å²) < 4.78 is 18.8. The van der Waals surface area contributed by atoms with Crippen LogP contribution in [0.5, 0.6) is 11.6 Å². The standard InChI is InChI=1S/C23H22ClFN4O2/c24-18-3-1-5-20(13-18)28-9-11-29(12-10-28)23(30)27-16-17-7-8-22(26-15-17)31-21-6-2-4-19(25)14-21/h1-8,13-15H,9-12,16H2,(H,27,30). The number of ether oxygens (including phenoxy) is 1. The largest absolute Gasteiger partial charge is 0.439 e. The third-order valence-corrected chi connectivity index (χ3v) is 5.24. The maximum Gasteiger partial charge on any atom is 0.317 e. The van der Waals surface area contributed by atoms with Crippen molar-refractivity contribution in [2.24, 2.45) is 0 Å². The Morgan fingerprint density at radius 1 is 1.06 bits per heavy atom. The number of nitrogens with one attached hydrogen (secondary N) is 1. The fourth-order valence-electron chi connectivity index (χ4n) is 3.36. The van der Waals surface area contributed by atoms with Crippen LogP contribution in [-0.2, 0) is 6.54 Å². The maximum atomic E-state index is 13.2. The Hall–Kier alpha value is -3.32. The number of piperazine rings is 1. The topological polar surface area (TPSA) is 57.7 Å². The smallest absolute Gasteiger partial charge is 0.317 e. The average molecular weight is 441 g/mol. The van der Waals surface area contributed by atoms with Crippen molar-refractivity contribution in [3.63, 3.8) is 0 Å². The molecular weight excluding hydrogens is 419 g/mol. The second-order valence-corrected chi connectivity index (χ2v) is 7.61. The Morgan fingerprint density at radius 2 is 1.87 bits per heavy atom. The minimum absolute atomic E-state index is 0.106. The molecule has 1 aromatic heterocycles. The zero-order valence-electron chi connectivity index (χ0n) is 16.8. The molecule has 2 heterocycles. The van der Waals surface area contributed by atoms with Gasteiger partial charge < -0.3 is 19.9 Å². The molecule has 160 valence electrons. The summed E-state index contributed by atoms with van der Waals surface area (Å²) in [6.07, 6.45) is 1.63. The monoisotopic (exact) mass is 440 g/mol. The van der Waals surface area contributed by atoms with Crippen LogP contribution in [0.15, 0.2) is 66.9 Å². The first kappa shape index (κ1) is 20.9. The number of halogens is 2. The van der Waals surface area contributed by atoms with Gasteiger partial charge in [0.1, 0.15) is 11.6 Å². The second kappa shape index (κ2) is 9.66. The van der Waals surface area contributed by atoms with E-state index in [1.807, 2.05) is 30.3 Å². The van der Waals surface area contributed by atoms with Gasteiger partial charge in [0.2, 0.25) is 5.88 Å². The molecule has 3 aromatic rings. The highest BCUT2D eigenvalue weighted by atomic mass is 35.5. The molecule has 0 aliphatic carbocycles. The molecule has 2 amide bonds. The van der Waals surface area contributed by atoms with Gasteiger partial charge in [0.15, 0.2) is 0 Å². The predicted octanol–water partition coefficient (Wildman–Crippen LogP) is 4.70. The number of hydrogen-bond acceptors (Lipinski definition) is 4. The second-order valence-electron chi connectivity index (χ2n) is 7.18. The van der Waals surface area contributed by atoms with Crippen LogP contribution in [0.4, 0.5) is 14.9 Å². The van der Waals surface area contributed by atoms with Crippen molar-refractivity contribution in [1.29, 1.82) is 0 Å². The van der Waals surface area contributed by atoms with Gasteiger partial charge in [-0.05, 0) is 35.9 Å². The van der Waals surface area contributed by atoms with Crippen LogP contribution in [0.25, 0.3) is 0 Å². The van der Waals surface area contributed by atoms with E-state index in [1.54, 1.807) is 29.3 Å². The summed E-state index contributed by atoms with van der Waals surface area (Å²) in [4.78, 5) is 20.7. The molecule has 0 unspecified atom stereocenters. The number of carbonyl (C=O) groups is 1. The molecule has 0 radical (unpaired) electrons. The Labute approximate surface area is 185 Å². The van der Waals surface area contributed by atoms with E-state index in [0.29, 0.717) is 36.3 Å². The van der Waals surface area contributed by atoms with E-state index in [1.165, 1.54) is 12.1 Å². The number of benzene rings is 2. The molecule has 1 aliphatic rings. The summed E-state index contributed by atoms with van der Waals surface area (Å²) in [6, 6.07) is 17.0. The fraction of sp³-hybridized carbons (Fsp3) is 0.217. The summed E-state index contributed by atoms with van der Waals surface area (Å²) in [5.41, 5.74) is 1.91. The number of carbonyl (C=O) groups excluding carboxylic acids is 1. The van der Waals surface area contributed by atoms with Crippen LogP contribution in [0.2, 0.25) is 5.02 Å². The maximum absolute atomic E-state index is 13.2. The quantitative estimate of drug-likeness (QED) is 0.625. The molecule has 0 spiro atoms. The average Bonchev–Trinajstić information content (AvgIpc) is 2.78. The van der Waals surface area contributed by atoms with E-state index in [-0.39, 0.29) is 11.8 Å². The van der Waals surface area contributed by atoms with Crippen LogP contribution in [-0.4, -0.2) is 42.1 Å². The van der Waals surface area contributed by atoms with Gasteiger partial charge in [-0.15, -0.1) is 0 Å². The molecule has 1 fully saturated rings. The van der Waals surface area contributed by atoms with Crippen LogP contribution in [0.3, 0.4) is 0 Å². The summed E-state index contributed by atoms with van der Waals surface area (Å²) in [5, 5.41) is 3.63. The van der Waals surface area contributed by atoms with Crippen molar-refractivity contribution in [1.82, 2.24) is 15.2 Å². The van der Waals surface area contributed by atoms with Gasteiger partial charge in [0.05, 0.1) is 0 Å². The first-order valence-electron chi connectivity index (χ1n) is 9.98. The Morgan fingerprint density at radius 3 is 2.58 bits per heavy atom. The van der Waals surface area contributed by atoms with Crippen molar-refractivity contribution in [3.8, 4) is 11.6 Å².